The molecule has 168 valence electrons. The van der Waals surface area contributed by atoms with Gasteiger partial charge in [-0.15, -0.1) is 0 Å². The number of nitrogens with one attached hydrogen (secondary N) is 1. The van der Waals surface area contributed by atoms with Crippen LogP contribution in [-0.2, 0) is 27.8 Å². The van der Waals surface area contributed by atoms with Crippen molar-refractivity contribution in [3.05, 3.63) is 90.0 Å². The molecule has 0 radical (unpaired) electrons. The van der Waals surface area contributed by atoms with Crippen LogP contribution in [0.4, 0.5) is 5.69 Å². The highest BCUT2D eigenvalue weighted by atomic mass is 32.2. The molecule has 7 heteroatoms. The Kier molecular flexibility index (Phi) is 7.89. The van der Waals surface area contributed by atoms with E-state index >= 15 is 0 Å². The lowest BCUT2D eigenvalue weighted by Crippen LogP contribution is -2.40. The summed E-state index contributed by atoms with van der Waals surface area (Å²) < 4.78 is 33.2. The van der Waals surface area contributed by atoms with Gasteiger partial charge < -0.3 is 10.1 Å². The van der Waals surface area contributed by atoms with Gasteiger partial charge in [-0.25, -0.2) is 8.42 Å². The number of rotatable bonds is 10. The summed E-state index contributed by atoms with van der Waals surface area (Å²) in [6, 6.07) is 22.8. The number of benzene rings is 3. The molecule has 0 heterocycles. The van der Waals surface area contributed by atoms with Crippen LogP contribution in [0.2, 0.25) is 0 Å². The van der Waals surface area contributed by atoms with Gasteiger partial charge in [0.2, 0.25) is 5.91 Å². The molecule has 0 fully saturated rings. The van der Waals surface area contributed by atoms with Gasteiger partial charge in [0.15, 0.2) is 0 Å². The second-order valence-electron chi connectivity index (χ2n) is 7.20. The first kappa shape index (κ1) is 23.3. The minimum absolute atomic E-state index is 0.138. The number of hydrogen-bond acceptors (Lipinski definition) is 4. The molecule has 6 nitrogen and oxygen atoms in total. The summed E-state index contributed by atoms with van der Waals surface area (Å²) in [5, 5.41) is 2.81. The molecule has 0 atom stereocenters. The second-order valence-corrected chi connectivity index (χ2v) is 9.06. The topological polar surface area (TPSA) is 75.7 Å². The zero-order valence-electron chi connectivity index (χ0n) is 18.3. The summed E-state index contributed by atoms with van der Waals surface area (Å²) in [4.78, 5) is 12.9. The summed E-state index contributed by atoms with van der Waals surface area (Å²) in [6.45, 7) is 4.50. The molecule has 1 N–H and O–H groups in total. The molecule has 0 aromatic heterocycles. The minimum Gasteiger partial charge on any atom is -0.494 e. The van der Waals surface area contributed by atoms with Gasteiger partial charge in [0.25, 0.3) is 10.0 Å². The Balaban J connectivity index is 1.78. The summed E-state index contributed by atoms with van der Waals surface area (Å²) in [7, 11) is -3.91. The zero-order chi connectivity index (χ0) is 23.0. The van der Waals surface area contributed by atoms with Crippen LogP contribution >= 0.6 is 0 Å². The van der Waals surface area contributed by atoms with Crippen molar-refractivity contribution in [2.24, 2.45) is 0 Å². The Morgan fingerprint density at radius 1 is 0.875 bits per heavy atom. The molecule has 0 aliphatic rings. The van der Waals surface area contributed by atoms with Crippen LogP contribution in [0.25, 0.3) is 0 Å². The van der Waals surface area contributed by atoms with Crippen LogP contribution in [-0.4, -0.2) is 27.5 Å². The van der Waals surface area contributed by atoms with Crippen molar-refractivity contribution in [3.63, 3.8) is 0 Å². The average Bonchev–Trinajstić information content (AvgIpc) is 2.83. The molecule has 0 saturated carbocycles. The number of nitrogens with zero attached hydrogens (tertiary/aromatic N) is 1. The van der Waals surface area contributed by atoms with E-state index in [0.29, 0.717) is 18.8 Å². The fourth-order valence-corrected chi connectivity index (χ4v) is 4.63. The number of sulfonamides is 1. The molecule has 0 spiro atoms. The van der Waals surface area contributed by atoms with Gasteiger partial charge in [-0.1, -0.05) is 49.4 Å². The fraction of sp³-hybridized carbons (Fsp3) is 0.240. The van der Waals surface area contributed by atoms with Crippen LogP contribution in [0, 0.1) is 0 Å². The van der Waals surface area contributed by atoms with Crippen molar-refractivity contribution >= 4 is 21.6 Å². The van der Waals surface area contributed by atoms with E-state index in [4.69, 9.17) is 4.74 Å². The van der Waals surface area contributed by atoms with Gasteiger partial charge in [0, 0.05) is 6.54 Å². The van der Waals surface area contributed by atoms with Crippen molar-refractivity contribution in [2.45, 2.75) is 31.7 Å². The first-order valence-corrected chi connectivity index (χ1v) is 12.0. The summed E-state index contributed by atoms with van der Waals surface area (Å²) in [5.74, 6) is 0.371. The third kappa shape index (κ3) is 5.88. The highest BCUT2D eigenvalue weighted by molar-refractivity contribution is 7.92. The summed E-state index contributed by atoms with van der Waals surface area (Å²) in [6.07, 6.45) is 0.842. The molecule has 3 aromatic carbocycles. The number of amides is 1. The first-order valence-electron chi connectivity index (χ1n) is 10.6. The van der Waals surface area contributed by atoms with E-state index in [1.165, 1.54) is 12.1 Å². The lowest BCUT2D eigenvalue weighted by atomic mass is 10.1. The van der Waals surface area contributed by atoms with Crippen LogP contribution in [0.3, 0.4) is 0 Å². The smallest absolute Gasteiger partial charge is 0.264 e. The molecular formula is C25H28N2O4S. The first-order chi connectivity index (χ1) is 15.4. The maximum atomic E-state index is 13.3. The lowest BCUT2D eigenvalue weighted by molar-refractivity contribution is -0.119. The third-order valence-electron chi connectivity index (χ3n) is 4.98. The van der Waals surface area contributed by atoms with E-state index < -0.39 is 15.9 Å². The van der Waals surface area contributed by atoms with E-state index in [9.17, 15) is 13.2 Å². The average molecular weight is 453 g/mol. The summed E-state index contributed by atoms with van der Waals surface area (Å²) >= 11 is 0. The molecule has 32 heavy (non-hydrogen) atoms. The Hall–Kier alpha value is -3.32. The van der Waals surface area contributed by atoms with Crippen molar-refractivity contribution in [1.82, 2.24) is 5.32 Å². The number of carbonyl (C=O) groups is 1. The predicted molar refractivity (Wildman–Crippen MR) is 126 cm³/mol. The Labute approximate surface area is 189 Å². The zero-order valence-corrected chi connectivity index (χ0v) is 19.1. The Morgan fingerprint density at radius 3 is 2.09 bits per heavy atom. The quantitative estimate of drug-likeness (QED) is 0.501. The normalized spacial score (nSPS) is 11.1. The monoisotopic (exact) mass is 452 g/mol. The van der Waals surface area contributed by atoms with Gasteiger partial charge in [-0.3, -0.25) is 9.10 Å². The van der Waals surface area contributed by atoms with E-state index in [0.717, 1.165) is 27.6 Å². The maximum Gasteiger partial charge on any atom is 0.264 e. The van der Waals surface area contributed by atoms with E-state index in [-0.39, 0.29) is 11.4 Å². The highest BCUT2D eigenvalue weighted by Crippen LogP contribution is 2.24. The fourth-order valence-electron chi connectivity index (χ4n) is 3.19. The number of ether oxygens (including phenoxy) is 1. The van der Waals surface area contributed by atoms with Crippen LogP contribution < -0.4 is 14.4 Å². The molecule has 3 aromatic rings. The molecule has 0 aliphatic heterocycles. The molecule has 3 rings (SSSR count). The molecule has 0 aliphatic carbocycles. The number of hydrogen-bond donors (Lipinski definition) is 1. The lowest BCUT2D eigenvalue weighted by Gasteiger charge is -2.24. The van der Waals surface area contributed by atoms with Gasteiger partial charge in [0.05, 0.1) is 17.2 Å². The van der Waals surface area contributed by atoms with Crippen LogP contribution in [0.15, 0.2) is 83.8 Å². The van der Waals surface area contributed by atoms with Gasteiger partial charge in [-0.05, 0) is 60.9 Å². The van der Waals surface area contributed by atoms with Gasteiger partial charge in [-0.2, -0.15) is 0 Å². The summed E-state index contributed by atoms with van der Waals surface area (Å²) in [5.41, 5.74) is 2.43. The van der Waals surface area contributed by atoms with E-state index in [1.807, 2.05) is 50.2 Å². The number of carbonyl (C=O) groups excluding carboxylic acids is 1. The third-order valence-corrected chi connectivity index (χ3v) is 6.76. The van der Waals surface area contributed by atoms with Crippen LogP contribution in [0.5, 0.6) is 5.75 Å². The van der Waals surface area contributed by atoms with E-state index in [1.54, 1.807) is 30.3 Å². The molecule has 0 unspecified atom stereocenters. The maximum absolute atomic E-state index is 13.3. The van der Waals surface area contributed by atoms with Crippen molar-refractivity contribution in [2.75, 3.05) is 17.5 Å². The van der Waals surface area contributed by atoms with Gasteiger partial charge >= 0.3 is 0 Å². The molecular weight excluding hydrogens is 424 g/mol. The Bertz CT molecular complexity index is 1110. The SMILES string of the molecule is CCOc1ccc(CNC(=O)CN(c2ccc(CC)cc2)S(=O)(=O)c2ccccc2)cc1. The predicted octanol–water partition coefficient (Wildman–Crippen LogP) is 4.16. The van der Waals surface area contributed by atoms with Crippen molar-refractivity contribution in [1.29, 1.82) is 0 Å². The standard InChI is InChI=1S/C25H28N2O4S/c1-3-20-10-14-22(15-11-20)27(32(29,30)24-8-6-5-7-9-24)19-25(28)26-18-21-12-16-23(17-13-21)31-4-2/h5-17H,3-4,18-19H2,1-2H3,(H,26,28). The molecule has 0 bridgehead atoms. The number of anilines is 1. The van der Waals surface area contributed by atoms with Crippen LogP contribution in [0.1, 0.15) is 25.0 Å². The number of aryl methyl sites for hydroxylation is 1. The van der Waals surface area contributed by atoms with Crippen molar-refractivity contribution in [3.8, 4) is 5.75 Å². The van der Waals surface area contributed by atoms with E-state index in [2.05, 4.69) is 5.32 Å². The minimum atomic E-state index is -3.91. The molecule has 0 saturated heterocycles. The van der Waals surface area contributed by atoms with Crippen molar-refractivity contribution < 1.29 is 17.9 Å². The highest BCUT2D eigenvalue weighted by Gasteiger charge is 2.27. The van der Waals surface area contributed by atoms with Gasteiger partial charge in [0.1, 0.15) is 12.3 Å². The second kappa shape index (κ2) is 10.8. The molecule has 1 amide bonds. The Morgan fingerprint density at radius 2 is 1.50 bits per heavy atom. The largest absolute Gasteiger partial charge is 0.494 e.